The van der Waals surface area contributed by atoms with E-state index in [0.717, 1.165) is 34.0 Å². The zero-order chi connectivity index (χ0) is 56.3. The van der Waals surface area contributed by atoms with E-state index in [9.17, 15) is 0 Å². The molecule has 0 fully saturated rings. The number of benzene rings is 7. The van der Waals surface area contributed by atoms with Gasteiger partial charge in [-0.2, -0.15) is 18.2 Å². The Morgan fingerprint density at radius 3 is 0.753 bits per heavy atom. The second-order valence-electron chi connectivity index (χ2n) is 20.9. The maximum absolute atomic E-state index is 7.50. The van der Waals surface area contributed by atoms with Crippen LogP contribution in [0.4, 0.5) is 0 Å². The van der Waals surface area contributed by atoms with Gasteiger partial charge in [-0.25, -0.2) is 5.46 Å². The van der Waals surface area contributed by atoms with Crippen LogP contribution in [0.25, 0.3) is 0 Å². The number of nitrogens with zero attached hydrogens (tertiary/aromatic N) is 1. The van der Waals surface area contributed by atoms with Gasteiger partial charge in [-0.3, -0.25) is 0 Å². The van der Waals surface area contributed by atoms with E-state index in [0.29, 0.717) is 0 Å². The third kappa shape index (κ3) is 18.5. The summed E-state index contributed by atoms with van der Waals surface area (Å²) in [6, 6.07) is 82.0. The van der Waals surface area contributed by atoms with Crippen molar-refractivity contribution in [2.24, 2.45) is 4.52 Å². The molecule has 0 aliphatic carbocycles. The number of hydrogen-bond acceptors (Lipinski definition) is 1. The molecule has 0 spiro atoms. The first kappa shape index (κ1) is 69.6. The summed E-state index contributed by atoms with van der Waals surface area (Å²) in [6.45, 7) is 43.5. The molecule has 0 saturated carbocycles. The summed E-state index contributed by atoms with van der Waals surface area (Å²) in [5.74, 6) is 0. The molecule has 7 rings (SSSR count). The quantitative estimate of drug-likeness (QED) is 0.0316. The van der Waals surface area contributed by atoms with Gasteiger partial charge in [0.2, 0.25) is 7.41 Å². The molecule has 0 N–H and O–H groups in total. The summed E-state index contributed by atoms with van der Waals surface area (Å²) < 4.78 is 28.9. The van der Waals surface area contributed by atoms with Gasteiger partial charge in [0.1, 0.15) is 23.0 Å². The van der Waals surface area contributed by atoms with Crippen molar-refractivity contribution in [2.75, 3.05) is 18.2 Å². The third-order valence-corrected chi connectivity index (χ3v) is 34.0. The van der Waals surface area contributed by atoms with Crippen LogP contribution < -0.4 is 37.3 Å². The Kier molecular flexibility index (Phi) is 32.5. The van der Waals surface area contributed by atoms with Crippen molar-refractivity contribution in [3.8, 4) is 0 Å². The summed E-state index contributed by atoms with van der Waals surface area (Å²) in [7, 11) is -4.93. The zero-order valence-electron chi connectivity index (χ0n) is 47.7. The summed E-state index contributed by atoms with van der Waals surface area (Å²) in [4.78, 5) is 0. The van der Waals surface area contributed by atoms with Crippen LogP contribution in [0.15, 0.2) is 217 Å². The van der Waals surface area contributed by atoms with E-state index in [2.05, 4.69) is 315 Å². The Balaban J connectivity index is 0.000000487. The van der Waals surface area contributed by atoms with E-state index in [4.69, 9.17) is 18.5 Å². The molecule has 0 unspecified atom stereocenters. The standard InChI is InChI=1S/C36H30NP2.C27H53BP3.3CO.Mo/c1-7-19-31(20-8-1)38(32-21-9-2-10-22-32,33-23-11-3-12-24-33)37-39(34-25-13-4-14-26-34,35-27-15-5-16-28-35)36-29-17-6-18-30-36;1-21(2)29(22(3)4)18-28(27-16-14-13-15-17-27,19-30(23(5)6)24(7)8)20-31(25(9)10)26(11)12;3*1-2;/h1-30H;13-17,21-26H,18-20H2,1-12H3;;;;/q+1;-1;;;;. The molecule has 7 aromatic rings. The molecule has 0 aliphatic heterocycles. The fourth-order valence-electron chi connectivity index (χ4n) is 10.9. The Bertz CT molecular complexity index is 2490. The predicted octanol–water partition coefficient (Wildman–Crippen LogP) is 15.8. The minimum atomic E-state index is -2.50. The Labute approximate surface area is 485 Å². The molecular weight excluding hydrogens is 1120 g/mol. The van der Waals surface area contributed by atoms with Crippen molar-refractivity contribution < 1.29 is 35.0 Å². The van der Waals surface area contributed by atoms with E-state index >= 15 is 0 Å². The first-order chi connectivity index (χ1) is 36.7. The van der Waals surface area contributed by atoms with Crippen molar-refractivity contribution >= 4 is 81.7 Å². The van der Waals surface area contributed by atoms with Crippen molar-refractivity contribution in [1.29, 1.82) is 0 Å². The average molecular weight is 1200 g/mol. The second-order valence-corrected chi connectivity index (χ2v) is 37.6. The van der Waals surface area contributed by atoms with E-state index < -0.39 is 20.6 Å². The first-order valence-corrected chi connectivity index (χ1v) is 35.1. The van der Waals surface area contributed by atoms with Crippen LogP contribution in [0.1, 0.15) is 83.1 Å². The molecule has 0 atom stereocenters. The van der Waals surface area contributed by atoms with Crippen molar-refractivity contribution in [2.45, 2.75) is 117 Å². The Morgan fingerprint density at radius 2 is 0.545 bits per heavy atom. The summed E-state index contributed by atoms with van der Waals surface area (Å²) >= 11 is 0. The van der Waals surface area contributed by atoms with E-state index in [1.807, 2.05) is 0 Å². The van der Waals surface area contributed by atoms with Crippen molar-refractivity contribution in [1.82, 2.24) is 0 Å². The molecule has 0 heterocycles. The topological polar surface area (TPSA) is 72.1 Å². The van der Waals surface area contributed by atoms with Crippen LogP contribution in [0, 0.1) is 20.0 Å². The minimum absolute atomic E-state index is 0. The van der Waals surface area contributed by atoms with Crippen LogP contribution in [-0.2, 0) is 35.0 Å². The van der Waals surface area contributed by atoms with Gasteiger partial charge >= 0.3 is 33.9 Å². The fourth-order valence-corrected chi connectivity index (χ4v) is 30.9. The van der Waals surface area contributed by atoms with Gasteiger partial charge in [0.25, 0.3) is 0 Å². The molecular formula is C66H83BMoNO3P5. The second kappa shape index (κ2) is 35.9. The van der Waals surface area contributed by atoms with Gasteiger partial charge in [0.05, 0.1) is 0 Å². The fraction of sp³-hybridized carbons (Fsp3) is 0.318. The number of rotatable bonds is 20. The van der Waals surface area contributed by atoms with Crippen LogP contribution in [0.3, 0.4) is 0 Å². The summed E-state index contributed by atoms with van der Waals surface area (Å²) in [5.41, 5.74) is 6.59. The average Bonchev–Trinajstić information content (AvgIpc) is 3.48. The molecule has 0 bridgehead atoms. The Morgan fingerprint density at radius 1 is 0.351 bits per heavy atom. The SMILES string of the molecule is CC(C)P(C[B-](CP(C(C)C)C(C)C)(CP(C(C)C)C(C)C)c1ccccc1)C(C)C.[C-]#[O+].[C-]#[O+].[C-]#[O+].[Mo].c1ccc(P(=N[P+](c2ccccc2)(c2ccccc2)c2ccccc2)(c2ccccc2)c2ccccc2)cc1. The monoisotopic (exact) mass is 1200 g/mol. The van der Waals surface area contributed by atoms with Gasteiger partial charge in [-0.15, -0.1) is 28.3 Å². The molecule has 11 heteroatoms. The molecule has 77 heavy (non-hydrogen) atoms. The minimum Gasteiger partial charge on any atom is -0.121 e. The first-order valence-electron chi connectivity index (χ1n) is 26.7. The molecule has 0 aromatic heterocycles. The third-order valence-electron chi connectivity index (χ3n) is 14.2. The molecule has 0 radical (unpaired) electrons. The number of hydrogen-bond donors (Lipinski definition) is 0. The summed E-state index contributed by atoms with van der Waals surface area (Å²) in [5, 5.41) is 7.55. The maximum Gasteiger partial charge on any atom is 0.228 e. The van der Waals surface area contributed by atoms with Gasteiger partial charge in [-0.1, -0.05) is 259 Å². The largest absolute Gasteiger partial charge is 0.228 e. The van der Waals surface area contributed by atoms with Gasteiger partial charge in [0.15, 0.2) is 0 Å². The zero-order valence-corrected chi connectivity index (χ0v) is 54.2. The molecule has 404 valence electrons. The van der Waals surface area contributed by atoms with Crippen LogP contribution in [0.2, 0.25) is 0 Å². The van der Waals surface area contributed by atoms with Crippen LogP contribution >= 0.6 is 38.2 Å². The van der Waals surface area contributed by atoms with Gasteiger partial charge in [0, 0.05) is 43.1 Å². The molecule has 0 aliphatic rings. The molecule has 7 aromatic carbocycles. The molecule has 0 saturated heterocycles. The van der Waals surface area contributed by atoms with Crippen molar-refractivity contribution in [3.05, 3.63) is 232 Å². The van der Waals surface area contributed by atoms with E-state index in [1.54, 1.807) is 5.46 Å². The maximum atomic E-state index is 7.50. The summed E-state index contributed by atoms with van der Waals surface area (Å²) in [6.07, 6.45) is -0.559. The Hall–Kier alpha value is -3.54. The normalized spacial score (nSPS) is 11.4. The van der Waals surface area contributed by atoms with E-state index in [-0.39, 0.29) is 44.8 Å². The van der Waals surface area contributed by atoms with Crippen LogP contribution in [0.5, 0.6) is 0 Å². The molecule has 0 amide bonds. The smallest absolute Gasteiger partial charge is 0.121 e. The van der Waals surface area contributed by atoms with Gasteiger partial charge in [-0.05, 0) is 70.4 Å². The van der Waals surface area contributed by atoms with Crippen LogP contribution in [-0.4, -0.2) is 58.3 Å². The predicted molar refractivity (Wildman–Crippen MR) is 343 cm³/mol. The molecule has 4 nitrogen and oxygen atoms in total. The van der Waals surface area contributed by atoms with E-state index in [1.165, 1.54) is 50.0 Å². The van der Waals surface area contributed by atoms with Gasteiger partial charge < -0.3 is 0 Å². The van der Waals surface area contributed by atoms with Crippen molar-refractivity contribution in [3.63, 3.8) is 0 Å².